The molecule has 0 spiro atoms. The van der Waals surface area contributed by atoms with Crippen LogP contribution < -0.4 is 10.1 Å². The molecule has 0 fully saturated rings. The molecular weight excluding hydrogens is 366 g/mol. The summed E-state index contributed by atoms with van der Waals surface area (Å²) in [6.45, 7) is 0.424. The number of carbonyl (C=O) groups is 1. The van der Waals surface area contributed by atoms with Crippen molar-refractivity contribution in [3.63, 3.8) is 0 Å². The monoisotopic (exact) mass is 381 g/mol. The summed E-state index contributed by atoms with van der Waals surface area (Å²) in [5, 5.41) is 3.58. The van der Waals surface area contributed by atoms with Gasteiger partial charge in [-0.05, 0) is 24.1 Å². The average molecular weight is 383 g/mol. The van der Waals surface area contributed by atoms with Crippen LogP contribution in [0.3, 0.4) is 0 Å². The van der Waals surface area contributed by atoms with E-state index in [9.17, 15) is 4.79 Å². The van der Waals surface area contributed by atoms with Crippen molar-refractivity contribution in [3.05, 3.63) is 64.7 Å². The molecule has 0 aliphatic heterocycles. The van der Waals surface area contributed by atoms with Crippen LogP contribution in [0, 0.1) is 0 Å². The first kappa shape index (κ1) is 16.8. The third-order valence-electron chi connectivity index (χ3n) is 3.29. The largest absolute Gasteiger partial charge is 0.496 e. The number of alkyl halides is 1. The van der Waals surface area contributed by atoms with Gasteiger partial charge in [-0.1, -0.05) is 63.9 Å². The third kappa shape index (κ3) is 4.49. The molecule has 1 unspecified atom stereocenters. The second-order valence-corrected chi connectivity index (χ2v) is 6.31. The number of benzene rings is 2. The second-order valence-electron chi connectivity index (χ2n) is 4.79. The van der Waals surface area contributed by atoms with Crippen LogP contribution >= 0.6 is 27.5 Å². The van der Waals surface area contributed by atoms with Crippen LogP contribution in [0.2, 0.25) is 5.02 Å². The second kappa shape index (κ2) is 8.20. The molecule has 0 heterocycles. The van der Waals surface area contributed by atoms with Gasteiger partial charge in [0.15, 0.2) is 0 Å². The van der Waals surface area contributed by atoms with Crippen LogP contribution in [0.4, 0.5) is 0 Å². The molecule has 5 heteroatoms. The van der Waals surface area contributed by atoms with Gasteiger partial charge in [-0.15, -0.1) is 0 Å². The molecule has 116 valence electrons. The Kier molecular flexibility index (Phi) is 6.28. The predicted octanol–water partition coefficient (Wildman–Crippen LogP) is 3.97. The number of halogens is 2. The predicted molar refractivity (Wildman–Crippen MR) is 92.7 cm³/mol. The zero-order valence-electron chi connectivity index (χ0n) is 12.2. The summed E-state index contributed by atoms with van der Waals surface area (Å²) in [6.07, 6.45) is 0.539. The fourth-order valence-electron chi connectivity index (χ4n) is 2.09. The molecule has 0 saturated carbocycles. The number of para-hydroxylation sites is 1. The minimum absolute atomic E-state index is 0.0779. The van der Waals surface area contributed by atoms with Crippen LogP contribution in [-0.4, -0.2) is 17.8 Å². The van der Waals surface area contributed by atoms with Gasteiger partial charge in [0.25, 0.3) is 0 Å². The molecule has 3 nitrogen and oxygen atoms in total. The first-order valence-corrected chi connectivity index (χ1v) is 8.18. The molecule has 2 rings (SSSR count). The summed E-state index contributed by atoms with van der Waals surface area (Å²) in [5.41, 5.74) is 1.88. The lowest BCUT2D eigenvalue weighted by Gasteiger charge is -2.13. The Labute approximate surface area is 143 Å². The summed E-state index contributed by atoms with van der Waals surface area (Å²) >= 11 is 9.54. The van der Waals surface area contributed by atoms with Crippen LogP contribution in [-0.2, 0) is 17.8 Å². The van der Waals surface area contributed by atoms with Crippen LogP contribution in [0.25, 0.3) is 0 Å². The Morgan fingerprint density at radius 1 is 1.18 bits per heavy atom. The molecule has 2 aromatic rings. The summed E-state index contributed by atoms with van der Waals surface area (Å²) < 4.78 is 5.27. The molecule has 1 atom stereocenters. The number of methoxy groups -OCH3 is 1. The molecule has 0 aliphatic rings. The number of hydrogen-bond acceptors (Lipinski definition) is 2. The van der Waals surface area contributed by atoms with Crippen molar-refractivity contribution in [2.75, 3.05) is 7.11 Å². The number of nitrogens with one attached hydrogen (secondary N) is 1. The van der Waals surface area contributed by atoms with Gasteiger partial charge < -0.3 is 10.1 Å². The Morgan fingerprint density at radius 3 is 2.50 bits per heavy atom. The minimum atomic E-state index is -0.331. The van der Waals surface area contributed by atoms with Crippen molar-refractivity contribution in [3.8, 4) is 5.75 Å². The van der Waals surface area contributed by atoms with E-state index in [2.05, 4.69) is 21.2 Å². The Morgan fingerprint density at radius 2 is 1.82 bits per heavy atom. The van der Waals surface area contributed by atoms with E-state index in [0.717, 1.165) is 16.9 Å². The maximum absolute atomic E-state index is 12.2. The van der Waals surface area contributed by atoms with Gasteiger partial charge in [0.1, 0.15) is 5.75 Å². The number of carbonyl (C=O) groups excluding carboxylic acids is 1. The zero-order chi connectivity index (χ0) is 15.9. The lowest BCUT2D eigenvalue weighted by Crippen LogP contribution is -2.32. The lowest BCUT2D eigenvalue weighted by atomic mass is 10.1. The molecule has 1 N–H and O–H groups in total. The Balaban J connectivity index is 1.93. The van der Waals surface area contributed by atoms with Crippen molar-refractivity contribution in [2.24, 2.45) is 0 Å². The van der Waals surface area contributed by atoms with E-state index in [1.54, 1.807) is 7.11 Å². The highest BCUT2D eigenvalue weighted by atomic mass is 79.9. The topological polar surface area (TPSA) is 38.3 Å². The quantitative estimate of drug-likeness (QED) is 0.768. The van der Waals surface area contributed by atoms with E-state index in [1.807, 2.05) is 48.5 Å². The van der Waals surface area contributed by atoms with Gasteiger partial charge >= 0.3 is 0 Å². The average Bonchev–Trinajstić information content (AvgIpc) is 2.54. The first-order valence-electron chi connectivity index (χ1n) is 6.89. The van der Waals surface area contributed by atoms with Crippen molar-refractivity contribution >= 4 is 33.4 Å². The van der Waals surface area contributed by atoms with Gasteiger partial charge in [0.2, 0.25) is 5.91 Å². The normalized spacial score (nSPS) is 11.8. The molecule has 22 heavy (non-hydrogen) atoms. The summed E-state index contributed by atoms with van der Waals surface area (Å²) in [5.74, 6) is 0.686. The molecule has 0 bridgehead atoms. The smallest absolute Gasteiger partial charge is 0.234 e. The van der Waals surface area contributed by atoms with Gasteiger partial charge in [0.05, 0.1) is 11.9 Å². The Hall–Kier alpha value is -1.52. The zero-order valence-corrected chi connectivity index (χ0v) is 14.5. The molecule has 0 radical (unpaired) electrons. The summed E-state index contributed by atoms with van der Waals surface area (Å²) in [7, 11) is 1.62. The number of rotatable bonds is 6. The Bertz CT molecular complexity index is 648. The highest BCUT2D eigenvalue weighted by Gasteiger charge is 2.16. The van der Waals surface area contributed by atoms with Crippen molar-refractivity contribution in [2.45, 2.75) is 17.8 Å². The van der Waals surface area contributed by atoms with E-state index in [4.69, 9.17) is 16.3 Å². The summed E-state index contributed by atoms with van der Waals surface area (Å²) in [6, 6.07) is 15.1. The molecular formula is C17H17BrClNO2. The number of amides is 1. The fraction of sp³-hybridized carbons (Fsp3) is 0.235. The summed E-state index contributed by atoms with van der Waals surface area (Å²) in [4.78, 5) is 11.9. The van der Waals surface area contributed by atoms with E-state index in [0.29, 0.717) is 18.0 Å². The van der Waals surface area contributed by atoms with Gasteiger partial charge in [-0.25, -0.2) is 0 Å². The molecule has 0 aliphatic carbocycles. The lowest BCUT2D eigenvalue weighted by molar-refractivity contribution is -0.120. The van der Waals surface area contributed by atoms with Crippen LogP contribution in [0.5, 0.6) is 5.75 Å². The van der Waals surface area contributed by atoms with Gasteiger partial charge in [0, 0.05) is 17.1 Å². The van der Waals surface area contributed by atoms with Crippen LogP contribution in [0.1, 0.15) is 11.1 Å². The minimum Gasteiger partial charge on any atom is -0.496 e. The van der Waals surface area contributed by atoms with Crippen molar-refractivity contribution in [1.82, 2.24) is 5.32 Å². The highest BCUT2D eigenvalue weighted by molar-refractivity contribution is 9.10. The number of hydrogen-bond donors (Lipinski definition) is 1. The maximum atomic E-state index is 12.2. The van der Waals surface area contributed by atoms with E-state index >= 15 is 0 Å². The van der Waals surface area contributed by atoms with E-state index in [-0.39, 0.29) is 10.7 Å². The van der Waals surface area contributed by atoms with Gasteiger partial charge in [-0.2, -0.15) is 0 Å². The first-order chi connectivity index (χ1) is 10.6. The van der Waals surface area contributed by atoms with E-state index in [1.165, 1.54) is 0 Å². The molecule has 1 amide bonds. The highest BCUT2D eigenvalue weighted by Crippen LogP contribution is 2.20. The maximum Gasteiger partial charge on any atom is 0.234 e. The molecule has 2 aromatic carbocycles. The molecule has 0 aromatic heterocycles. The van der Waals surface area contributed by atoms with Crippen LogP contribution in [0.15, 0.2) is 48.5 Å². The SMILES string of the molecule is COc1ccccc1CNC(=O)C(Br)Cc1ccccc1Cl. The van der Waals surface area contributed by atoms with Crippen molar-refractivity contribution in [1.29, 1.82) is 0 Å². The van der Waals surface area contributed by atoms with Crippen molar-refractivity contribution < 1.29 is 9.53 Å². The molecule has 0 saturated heterocycles. The third-order valence-corrected chi connectivity index (χ3v) is 4.40. The fourth-order valence-corrected chi connectivity index (χ4v) is 2.82. The standard InChI is InChI=1S/C17H17BrClNO2/c1-22-16-9-5-3-7-13(16)11-20-17(21)14(18)10-12-6-2-4-8-15(12)19/h2-9,14H,10-11H2,1H3,(H,20,21). The van der Waals surface area contributed by atoms with E-state index < -0.39 is 0 Å². The number of ether oxygens (including phenoxy) is 1. The van der Waals surface area contributed by atoms with Gasteiger partial charge in [-0.3, -0.25) is 4.79 Å².